The number of nitrogen functional groups attached to an aromatic ring is 1. The van der Waals surface area contributed by atoms with Crippen LogP contribution in [0.2, 0.25) is 10.0 Å². The Morgan fingerprint density at radius 1 is 0.882 bits per heavy atom. The predicted molar refractivity (Wildman–Crippen MR) is 71.5 cm³/mol. The number of hydrogen-bond acceptors (Lipinski definition) is 3. The molecular formula is C12H9Cl2N3. The van der Waals surface area contributed by atoms with Gasteiger partial charge in [-0.1, -0.05) is 23.2 Å². The van der Waals surface area contributed by atoms with Crippen molar-refractivity contribution in [2.45, 2.75) is 0 Å². The Hall–Kier alpha value is -1.58. The number of azo groups is 1. The van der Waals surface area contributed by atoms with E-state index in [9.17, 15) is 0 Å². The summed E-state index contributed by atoms with van der Waals surface area (Å²) in [6.45, 7) is 0. The summed E-state index contributed by atoms with van der Waals surface area (Å²) >= 11 is 11.7. The van der Waals surface area contributed by atoms with Crippen molar-refractivity contribution in [2.75, 3.05) is 5.73 Å². The quantitative estimate of drug-likeness (QED) is 0.604. The second-order valence-corrected chi connectivity index (χ2v) is 4.23. The Morgan fingerprint density at radius 3 is 2.24 bits per heavy atom. The van der Waals surface area contributed by atoms with Crippen molar-refractivity contribution in [2.24, 2.45) is 10.2 Å². The zero-order valence-electron chi connectivity index (χ0n) is 8.77. The molecule has 3 nitrogen and oxygen atoms in total. The van der Waals surface area contributed by atoms with Crippen LogP contribution in [0.3, 0.4) is 0 Å². The van der Waals surface area contributed by atoms with Gasteiger partial charge in [-0.25, -0.2) is 0 Å². The lowest BCUT2D eigenvalue weighted by molar-refractivity contribution is 1.23. The number of hydrogen-bond donors (Lipinski definition) is 1. The average molecular weight is 266 g/mol. The molecule has 0 aliphatic heterocycles. The van der Waals surface area contributed by atoms with Gasteiger partial charge in [0.15, 0.2) is 0 Å². The molecule has 2 rings (SSSR count). The molecule has 2 aromatic rings. The topological polar surface area (TPSA) is 50.7 Å². The molecule has 0 saturated carbocycles. The van der Waals surface area contributed by atoms with Crippen molar-refractivity contribution >= 4 is 40.3 Å². The molecule has 0 aromatic heterocycles. The molecule has 0 unspecified atom stereocenters. The fraction of sp³-hybridized carbons (Fsp3) is 0. The predicted octanol–water partition coefficient (Wildman–Crippen LogP) is 4.99. The minimum atomic E-state index is 0.469. The summed E-state index contributed by atoms with van der Waals surface area (Å²) in [6.07, 6.45) is 0. The molecule has 5 heteroatoms. The summed E-state index contributed by atoms with van der Waals surface area (Å²) in [6, 6.07) is 12.1. The van der Waals surface area contributed by atoms with E-state index in [0.29, 0.717) is 27.1 Å². The van der Waals surface area contributed by atoms with Crippen molar-refractivity contribution in [3.05, 3.63) is 52.5 Å². The second kappa shape index (κ2) is 5.17. The second-order valence-electron chi connectivity index (χ2n) is 3.39. The van der Waals surface area contributed by atoms with E-state index in [2.05, 4.69) is 10.2 Å². The number of benzene rings is 2. The first kappa shape index (κ1) is 11.9. The highest BCUT2D eigenvalue weighted by Crippen LogP contribution is 2.29. The van der Waals surface area contributed by atoms with Crippen molar-refractivity contribution in [1.29, 1.82) is 0 Å². The fourth-order valence-corrected chi connectivity index (χ4v) is 1.66. The molecule has 0 saturated heterocycles. The van der Waals surface area contributed by atoms with Crippen LogP contribution in [-0.2, 0) is 0 Å². The summed E-state index contributed by atoms with van der Waals surface area (Å²) in [5, 5.41) is 9.13. The fourth-order valence-electron chi connectivity index (χ4n) is 1.21. The van der Waals surface area contributed by atoms with Crippen LogP contribution in [0.1, 0.15) is 0 Å². The summed E-state index contributed by atoms with van der Waals surface area (Å²) in [5.41, 5.74) is 7.54. The molecule has 2 aromatic carbocycles. The van der Waals surface area contributed by atoms with Crippen LogP contribution in [0.15, 0.2) is 52.7 Å². The lowest BCUT2D eigenvalue weighted by Gasteiger charge is -1.97. The third kappa shape index (κ3) is 3.19. The monoisotopic (exact) mass is 265 g/mol. The molecule has 0 radical (unpaired) electrons. The van der Waals surface area contributed by atoms with Gasteiger partial charge in [0.2, 0.25) is 0 Å². The first-order valence-electron chi connectivity index (χ1n) is 4.87. The minimum absolute atomic E-state index is 0.469. The van der Waals surface area contributed by atoms with E-state index in [1.54, 1.807) is 42.5 Å². The maximum absolute atomic E-state index is 5.96. The Balaban J connectivity index is 2.23. The molecule has 0 spiro atoms. The molecule has 0 amide bonds. The van der Waals surface area contributed by atoms with Gasteiger partial charge in [0.05, 0.1) is 10.7 Å². The van der Waals surface area contributed by atoms with Crippen molar-refractivity contribution in [1.82, 2.24) is 0 Å². The van der Waals surface area contributed by atoms with Gasteiger partial charge in [0.1, 0.15) is 5.69 Å². The summed E-state index contributed by atoms with van der Waals surface area (Å²) in [4.78, 5) is 0. The highest BCUT2D eigenvalue weighted by Gasteiger charge is 1.99. The SMILES string of the molecule is Nc1ccc(/N=N/c2ccc(Cl)cc2Cl)cc1. The van der Waals surface area contributed by atoms with E-state index in [-0.39, 0.29) is 0 Å². The Bertz CT molecular complexity index is 550. The molecule has 0 atom stereocenters. The van der Waals surface area contributed by atoms with E-state index in [1.165, 1.54) is 0 Å². The van der Waals surface area contributed by atoms with Gasteiger partial charge in [-0.05, 0) is 42.5 Å². The summed E-state index contributed by atoms with van der Waals surface area (Å²) in [7, 11) is 0. The number of halogens is 2. The van der Waals surface area contributed by atoms with Gasteiger partial charge in [0, 0.05) is 10.7 Å². The Kier molecular flexibility index (Phi) is 3.61. The van der Waals surface area contributed by atoms with E-state index < -0.39 is 0 Å². The van der Waals surface area contributed by atoms with Gasteiger partial charge in [-0.2, -0.15) is 5.11 Å². The summed E-state index contributed by atoms with van der Waals surface area (Å²) < 4.78 is 0. The van der Waals surface area contributed by atoms with Crippen molar-refractivity contribution in [3.63, 3.8) is 0 Å². The maximum atomic E-state index is 5.96. The molecule has 0 bridgehead atoms. The smallest absolute Gasteiger partial charge is 0.104 e. The van der Waals surface area contributed by atoms with Crippen LogP contribution in [-0.4, -0.2) is 0 Å². The molecule has 86 valence electrons. The number of nitrogens with zero attached hydrogens (tertiary/aromatic N) is 2. The Labute approximate surface area is 109 Å². The Morgan fingerprint density at radius 2 is 1.59 bits per heavy atom. The zero-order valence-corrected chi connectivity index (χ0v) is 10.3. The molecule has 17 heavy (non-hydrogen) atoms. The van der Waals surface area contributed by atoms with Gasteiger partial charge in [-0.15, -0.1) is 5.11 Å². The van der Waals surface area contributed by atoms with E-state index >= 15 is 0 Å². The van der Waals surface area contributed by atoms with Crippen molar-refractivity contribution in [3.8, 4) is 0 Å². The van der Waals surface area contributed by atoms with Crippen LogP contribution in [0.4, 0.5) is 17.1 Å². The van der Waals surface area contributed by atoms with E-state index in [0.717, 1.165) is 0 Å². The van der Waals surface area contributed by atoms with Crippen LogP contribution >= 0.6 is 23.2 Å². The molecular weight excluding hydrogens is 257 g/mol. The summed E-state index contributed by atoms with van der Waals surface area (Å²) in [5.74, 6) is 0. The number of nitrogens with two attached hydrogens (primary N) is 1. The lowest BCUT2D eigenvalue weighted by Crippen LogP contribution is -1.80. The van der Waals surface area contributed by atoms with Crippen molar-refractivity contribution < 1.29 is 0 Å². The highest BCUT2D eigenvalue weighted by atomic mass is 35.5. The van der Waals surface area contributed by atoms with Gasteiger partial charge in [-0.3, -0.25) is 0 Å². The third-order valence-electron chi connectivity index (χ3n) is 2.08. The molecule has 0 aliphatic rings. The molecule has 0 heterocycles. The van der Waals surface area contributed by atoms with Gasteiger partial charge < -0.3 is 5.73 Å². The largest absolute Gasteiger partial charge is 0.399 e. The molecule has 2 N–H and O–H groups in total. The van der Waals surface area contributed by atoms with Crippen LogP contribution in [0.5, 0.6) is 0 Å². The van der Waals surface area contributed by atoms with Gasteiger partial charge in [0.25, 0.3) is 0 Å². The molecule has 0 fully saturated rings. The lowest BCUT2D eigenvalue weighted by atomic mass is 10.3. The van der Waals surface area contributed by atoms with Crippen LogP contribution in [0, 0.1) is 0 Å². The molecule has 0 aliphatic carbocycles. The van der Waals surface area contributed by atoms with E-state index in [1.807, 2.05) is 0 Å². The van der Waals surface area contributed by atoms with Crippen LogP contribution in [0.25, 0.3) is 0 Å². The van der Waals surface area contributed by atoms with Crippen LogP contribution < -0.4 is 5.73 Å². The average Bonchev–Trinajstić information content (AvgIpc) is 2.30. The highest BCUT2D eigenvalue weighted by molar-refractivity contribution is 6.36. The zero-order chi connectivity index (χ0) is 12.3. The first-order chi connectivity index (χ1) is 8.15. The number of rotatable bonds is 2. The minimum Gasteiger partial charge on any atom is -0.399 e. The van der Waals surface area contributed by atoms with Gasteiger partial charge >= 0.3 is 0 Å². The standard InChI is InChI=1S/C12H9Cl2N3/c13-8-1-6-12(11(14)7-8)17-16-10-4-2-9(15)3-5-10/h1-7H,15H2/b17-16+. The normalized spacial score (nSPS) is 10.9. The third-order valence-corrected chi connectivity index (χ3v) is 2.61. The maximum Gasteiger partial charge on any atom is 0.104 e. The van der Waals surface area contributed by atoms with E-state index in [4.69, 9.17) is 28.9 Å². The number of anilines is 1. The first-order valence-corrected chi connectivity index (χ1v) is 5.63.